The van der Waals surface area contributed by atoms with Gasteiger partial charge in [-0.05, 0) is 35.9 Å². The highest BCUT2D eigenvalue weighted by molar-refractivity contribution is 6.04. The van der Waals surface area contributed by atoms with Gasteiger partial charge in [0.1, 0.15) is 6.04 Å². The van der Waals surface area contributed by atoms with Crippen molar-refractivity contribution in [2.45, 2.75) is 13.0 Å². The number of carboxylic acid groups (broad SMARTS) is 1. The van der Waals surface area contributed by atoms with E-state index in [9.17, 15) is 9.59 Å². The van der Waals surface area contributed by atoms with Gasteiger partial charge in [-0.25, -0.2) is 0 Å². The first kappa shape index (κ1) is 17.2. The van der Waals surface area contributed by atoms with Crippen LogP contribution in [0.15, 0.2) is 66.7 Å². The molecule has 1 atom stereocenters. The average molecular weight is 343 g/mol. The largest absolute Gasteiger partial charge is 0.480 e. The van der Waals surface area contributed by atoms with Crippen molar-refractivity contribution >= 4 is 22.6 Å². The first-order chi connectivity index (χ1) is 12.6. The molecule has 0 aliphatic carbocycles. The summed E-state index contributed by atoms with van der Waals surface area (Å²) in [6.45, 7) is 1.43. The monoisotopic (exact) mass is 343 g/mol. The van der Waals surface area contributed by atoms with Crippen LogP contribution in [0.1, 0.15) is 28.4 Å². The van der Waals surface area contributed by atoms with E-state index in [-0.39, 0.29) is 0 Å². The van der Waals surface area contributed by atoms with Gasteiger partial charge in [-0.2, -0.15) is 0 Å². The molecule has 3 aromatic rings. The molecule has 0 heterocycles. The third-order valence-corrected chi connectivity index (χ3v) is 4.00. The second kappa shape index (κ2) is 7.54. The molecule has 0 aliphatic rings. The molecule has 3 rings (SSSR count). The molecule has 3 aromatic carbocycles. The Hall–Kier alpha value is -3.58. The molecule has 128 valence electrons. The molecule has 2 N–H and O–H groups in total. The number of fused-ring (bicyclic) bond motifs is 1. The van der Waals surface area contributed by atoms with E-state index in [1.54, 1.807) is 6.07 Å². The van der Waals surface area contributed by atoms with Crippen molar-refractivity contribution in [1.82, 2.24) is 5.32 Å². The average Bonchev–Trinajstić information content (AvgIpc) is 2.66. The summed E-state index contributed by atoms with van der Waals surface area (Å²) in [6, 6.07) is 19.7. The fourth-order valence-corrected chi connectivity index (χ4v) is 2.59. The normalized spacial score (nSPS) is 11.3. The van der Waals surface area contributed by atoms with E-state index < -0.39 is 17.9 Å². The van der Waals surface area contributed by atoms with Crippen LogP contribution in [0.5, 0.6) is 0 Å². The quantitative estimate of drug-likeness (QED) is 0.716. The maximum absolute atomic E-state index is 12.6. The first-order valence-corrected chi connectivity index (χ1v) is 8.19. The van der Waals surface area contributed by atoms with E-state index in [2.05, 4.69) is 17.2 Å². The molecule has 26 heavy (non-hydrogen) atoms. The fraction of sp³-hybridized carbons (Fsp3) is 0.0909. The fourth-order valence-electron chi connectivity index (χ4n) is 2.59. The van der Waals surface area contributed by atoms with Crippen molar-refractivity contribution in [3.8, 4) is 11.8 Å². The number of carbonyl (C=O) groups is 2. The van der Waals surface area contributed by atoms with Gasteiger partial charge in [0, 0.05) is 11.1 Å². The Morgan fingerprint density at radius 2 is 1.62 bits per heavy atom. The van der Waals surface area contributed by atoms with Crippen molar-refractivity contribution < 1.29 is 14.7 Å². The van der Waals surface area contributed by atoms with Crippen LogP contribution in [-0.4, -0.2) is 23.0 Å². The van der Waals surface area contributed by atoms with E-state index in [4.69, 9.17) is 5.11 Å². The predicted octanol–water partition coefficient (Wildman–Crippen LogP) is 3.44. The number of benzene rings is 3. The third kappa shape index (κ3) is 3.73. The van der Waals surface area contributed by atoms with E-state index in [1.165, 1.54) is 6.92 Å². The van der Waals surface area contributed by atoms with Crippen LogP contribution in [0.3, 0.4) is 0 Å². The highest BCUT2D eigenvalue weighted by Crippen LogP contribution is 2.22. The molecule has 0 aromatic heterocycles. The Morgan fingerprint density at radius 3 is 2.35 bits per heavy atom. The standard InChI is InChI=1S/C22H17NO3/c1-15(22(25)26)23-21(24)20-14-12-17-9-5-6-10-18(17)19(20)13-11-16-7-3-2-4-8-16/h2-10,12,14-15H,1H3,(H,23,24)(H,25,26)/t15-/m0/s1. The number of hydrogen-bond acceptors (Lipinski definition) is 2. The van der Waals surface area contributed by atoms with Crippen molar-refractivity contribution in [2.75, 3.05) is 0 Å². The number of hydrogen-bond donors (Lipinski definition) is 2. The molecule has 0 saturated carbocycles. The van der Waals surface area contributed by atoms with Crippen LogP contribution in [0.4, 0.5) is 0 Å². The number of aliphatic carboxylic acids is 1. The minimum Gasteiger partial charge on any atom is -0.480 e. The summed E-state index contributed by atoms with van der Waals surface area (Å²) in [6.07, 6.45) is 0. The zero-order chi connectivity index (χ0) is 18.5. The molecule has 4 heteroatoms. The maximum atomic E-state index is 12.6. The summed E-state index contributed by atoms with van der Waals surface area (Å²) < 4.78 is 0. The van der Waals surface area contributed by atoms with Crippen molar-refractivity contribution in [3.05, 3.63) is 83.4 Å². The lowest BCUT2D eigenvalue weighted by Gasteiger charge is -2.12. The van der Waals surface area contributed by atoms with Gasteiger partial charge in [-0.3, -0.25) is 9.59 Å². The third-order valence-electron chi connectivity index (χ3n) is 4.00. The summed E-state index contributed by atoms with van der Waals surface area (Å²) in [7, 11) is 0. The minimum atomic E-state index is -1.09. The molecule has 0 radical (unpaired) electrons. The van der Waals surface area contributed by atoms with Crippen LogP contribution < -0.4 is 5.32 Å². The van der Waals surface area contributed by atoms with Crippen LogP contribution in [0.2, 0.25) is 0 Å². The van der Waals surface area contributed by atoms with Gasteiger partial charge in [0.2, 0.25) is 0 Å². The van der Waals surface area contributed by atoms with Gasteiger partial charge in [0.15, 0.2) is 0 Å². The second-order valence-corrected chi connectivity index (χ2v) is 5.86. The Kier molecular flexibility index (Phi) is 5.00. The number of nitrogens with one attached hydrogen (secondary N) is 1. The van der Waals surface area contributed by atoms with Crippen molar-refractivity contribution in [1.29, 1.82) is 0 Å². The van der Waals surface area contributed by atoms with Gasteiger partial charge in [-0.1, -0.05) is 60.4 Å². The lowest BCUT2D eigenvalue weighted by molar-refractivity contribution is -0.138. The molecule has 0 fully saturated rings. The highest BCUT2D eigenvalue weighted by atomic mass is 16.4. The maximum Gasteiger partial charge on any atom is 0.325 e. The summed E-state index contributed by atoms with van der Waals surface area (Å²) in [5.41, 5.74) is 1.79. The molecule has 0 aliphatic heterocycles. The lowest BCUT2D eigenvalue weighted by atomic mass is 9.98. The molecule has 0 saturated heterocycles. The molecule has 0 bridgehead atoms. The zero-order valence-electron chi connectivity index (χ0n) is 14.2. The molecule has 0 unspecified atom stereocenters. The number of carbonyl (C=O) groups excluding carboxylic acids is 1. The molecule has 0 spiro atoms. The van der Waals surface area contributed by atoms with Gasteiger partial charge >= 0.3 is 5.97 Å². The summed E-state index contributed by atoms with van der Waals surface area (Å²) >= 11 is 0. The van der Waals surface area contributed by atoms with Gasteiger partial charge < -0.3 is 10.4 Å². The van der Waals surface area contributed by atoms with Gasteiger partial charge in [0.25, 0.3) is 5.91 Å². The molecule has 4 nitrogen and oxygen atoms in total. The smallest absolute Gasteiger partial charge is 0.325 e. The van der Waals surface area contributed by atoms with E-state index in [0.29, 0.717) is 11.1 Å². The summed E-state index contributed by atoms with van der Waals surface area (Å²) in [5.74, 6) is 4.63. The number of carboxylic acids is 1. The Morgan fingerprint density at radius 1 is 0.923 bits per heavy atom. The SMILES string of the molecule is C[C@H](NC(=O)c1ccc2ccccc2c1C#Cc1ccccc1)C(=O)O. The van der Waals surface area contributed by atoms with E-state index >= 15 is 0 Å². The van der Waals surface area contributed by atoms with Gasteiger partial charge in [-0.15, -0.1) is 0 Å². The van der Waals surface area contributed by atoms with E-state index in [0.717, 1.165) is 16.3 Å². The zero-order valence-corrected chi connectivity index (χ0v) is 14.2. The van der Waals surface area contributed by atoms with Crippen LogP contribution in [0, 0.1) is 11.8 Å². The molecular formula is C22H17NO3. The first-order valence-electron chi connectivity index (χ1n) is 8.19. The second-order valence-electron chi connectivity index (χ2n) is 5.86. The van der Waals surface area contributed by atoms with Crippen LogP contribution in [0.25, 0.3) is 10.8 Å². The Labute approximate surface area is 151 Å². The van der Waals surface area contributed by atoms with Gasteiger partial charge in [0.05, 0.1) is 5.56 Å². The summed E-state index contributed by atoms with van der Waals surface area (Å²) in [4.78, 5) is 23.6. The van der Waals surface area contributed by atoms with E-state index in [1.807, 2.05) is 60.7 Å². The topological polar surface area (TPSA) is 66.4 Å². The predicted molar refractivity (Wildman–Crippen MR) is 101 cm³/mol. The Bertz CT molecular complexity index is 1030. The minimum absolute atomic E-state index is 0.361. The Balaban J connectivity index is 2.10. The van der Waals surface area contributed by atoms with Crippen LogP contribution in [-0.2, 0) is 4.79 Å². The number of amides is 1. The molecular weight excluding hydrogens is 326 g/mol. The molecule has 1 amide bonds. The van der Waals surface area contributed by atoms with Crippen LogP contribution >= 0.6 is 0 Å². The van der Waals surface area contributed by atoms with Crippen molar-refractivity contribution in [2.24, 2.45) is 0 Å². The number of rotatable bonds is 3. The van der Waals surface area contributed by atoms with Crippen molar-refractivity contribution in [3.63, 3.8) is 0 Å². The highest BCUT2D eigenvalue weighted by Gasteiger charge is 2.18. The lowest BCUT2D eigenvalue weighted by Crippen LogP contribution is -2.38. The summed E-state index contributed by atoms with van der Waals surface area (Å²) in [5, 5.41) is 13.3.